The van der Waals surface area contributed by atoms with Crippen molar-refractivity contribution in [3.63, 3.8) is 0 Å². The summed E-state index contributed by atoms with van der Waals surface area (Å²) < 4.78 is 7.93. The summed E-state index contributed by atoms with van der Waals surface area (Å²) in [7, 11) is 0. The number of aromatic amines is 1. The fraction of sp³-hybridized carbons (Fsp3) is 0.463. The van der Waals surface area contributed by atoms with E-state index >= 15 is 0 Å². The Balaban J connectivity index is 0.000000153. The zero-order valence-electron chi connectivity index (χ0n) is 30.3. The molecule has 4 N–H and O–H groups in total. The van der Waals surface area contributed by atoms with Crippen LogP contribution in [0.2, 0.25) is 0 Å². The Bertz CT molecular complexity index is 2560. The van der Waals surface area contributed by atoms with E-state index in [1.54, 1.807) is 13.7 Å². The first kappa shape index (κ1) is 36.3. The van der Waals surface area contributed by atoms with Gasteiger partial charge in [-0.1, -0.05) is 68.1 Å². The molecule has 4 saturated carbocycles. The summed E-state index contributed by atoms with van der Waals surface area (Å²) in [5.74, 6) is 2.72. The molecule has 0 atom stereocenters. The van der Waals surface area contributed by atoms with Gasteiger partial charge in [0.25, 0.3) is 11.1 Å². The van der Waals surface area contributed by atoms with E-state index in [1.807, 2.05) is 60.7 Å². The number of rotatable bonds is 13. The minimum atomic E-state index is -0.269. The number of hydrogen-bond donors (Lipinski definition) is 3. The fourth-order valence-electron chi connectivity index (χ4n) is 7.15. The van der Waals surface area contributed by atoms with Crippen LogP contribution in [-0.4, -0.2) is 37.8 Å². The lowest BCUT2D eigenvalue weighted by atomic mass is 10.2. The molecule has 2 aromatic carbocycles. The van der Waals surface area contributed by atoms with Crippen LogP contribution < -0.4 is 33.5 Å². The molecule has 0 saturated heterocycles. The maximum Gasteiger partial charge on any atom is 0.332 e. The van der Waals surface area contributed by atoms with Crippen molar-refractivity contribution in [3.8, 4) is 0 Å². The Hall–Kier alpha value is -5.66. The van der Waals surface area contributed by atoms with Gasteiger partial charge in [-0.2, -0.15) is 9.97 Å². The van der Waals surface area contributed by atoms with Gasteiger partial charge in [-0.3, -0.25) is 27.9 Å². The molecule has 14 nitrogen and oxygen atoms in total. The summed E-state index contributed by atoms with van der Waals surface area (Å²) >= 11 is 0. The lowest BCUT2D eigenvalue weighted by Crippen LogP contribution is -2.41. The van der Waals surface area contributed by atoms with Gasteiger partial charge in [0.1, 0.15) is 0 Å². The van der Waals surface area contributed by atoms with Crippen LogP contribution in [0.15, 0.2) is 79.8 Å². The zero-order valence-corrected chi connectivity index (χ0v) is 30.3. The molecule has 4 aromatic heterocycles. The maximum absolute atomic E-state index is 13.2. The molecular formula is C41H50N10O4. The van der Waals surface area contributed by atoms with Crippen LogP contribution in [-0.2, 0) is 39.3 Å². The highest BCUT2D eigenvalue weighted by Gasteiger charge is 2.31. The number of imidazole rings is 2. The zero-order chi connectivity index (χ0) is 36.9. The van der Waals surface area contributed by atoms with Crippen molar-refractivity contribution in [1.29, 1.82) is 0 Å². The SMILES string of the molecule is C.Nc1nc2c(c(=O)n(CC3CC3)c(=O)n2CC2CC2)n1Cc1ccccc1.O=c1c2[nH]c(NCc3ccccc3)nc2n(CC2CC2)c(=O)n1CC1CC1. The van der Waals surface area contributed by atoms with Gasteiger partial charge in [0.2, 0.25) is 11.9 Å². The number of aromatic nitrogens is 8. The predicted molar refractivity (Wildman–Crippen MR) is 214 cm³/mol. The second kappa shape index (κ2) is 14.9. The van der Waals surface area contributed by atoms with Gasteiger partial charge >= 0.3 is 11.4 Å². The number of nitrogen functional groups attached to an aromatic ring is 1. The first-order valence-corrected chi connectivity index (χ1v) is 19.3. The molecule has 4 aliphatic carbocycles. The molecule has 4 heterocycles. The van der Waals surface area contributed by atoms with Crippen molar-refractivity contribution >= 4 is 34.2 Å². The molecule has 288 valence electrons. The molecule has 4 aliphatic rings. The van der Waals surface area contributed by atoms with E-state index in [0.29, 0.717) is 91.2 Å². The second-order valence-corrected chi connectivity index (χ2v) is 15.7. The van der Waals surface area contributed by atoms with Crippen LogP contribution in [0.4, 0.5) is 11.9 Å². The summed E-state index contributed by atoms with van der Waals surface area (Å²) in [6.07, 6.45) is 8.87. The Morgan fingerprint density at radius 2 is 1.07 bits per heavy atom. The van der Waals surface area contributed by atoms with Gasteiger partial charge in [-0.25, -0.2) is 9.59 Å². The summed E-state index contributed by atoms with van der Waals surface area (Å²) in [5, 5.41) is 3.24. The molecule has 0 bridgehead atoms. The Kier molecular flexibility index (Phi) is 9.82. The van der Waals surface area contributed by atoms with Gasteiger partial charge in [-0.05, 0) is 86.2 Å². The molecule has 0 amide bonds. The quantitative estimate of drug-likeness (QED) is 0.152. The lowest BCUT2D eigenvalue weighted by molar-refractivity contribution is 0.519. The first-order chi connectivity index (χ1) is 26.3. The van der Waals surface area contributed by atoms with Crippen LogP contribution in [0.1, 0.15) is 69.9 Å². The molecule has 6 aromatic rings. The molecular weight excluding hydrogens is 697 g/mol. The number of anilines is 2. The average Bonchev–Trinajstić information content (AvgIpc) is 3.97. The number of nitrogens with two attached hydrogens (primary N) is 1. The molecule has 0 radical (unpaired) electrons. The summed E-state index contributed by atoms with van der Waals surface area (Å²) in [4.78, 5) is 64.2. The Labute approximate surface area is 317 Å². The van der Waals surface area contributed by atoms with Crippen molar-refractivity contribution in [2.75, 3.05) is 11.1 Å². The summed E-state index contributed by atoms with van der Waals surface area (Å²) in [6.45, 7) is 3.33. The number of H-pyrrole nitrogens is 1. The molecule has 0 unspecified atom stereocenters. The second-order valence-electron chi connectivity index (χ2n) is 15.7. The van der Waals surface area contributed by atoms with Crippen LogP contribution in [0.3, 0.4) is 0 Å². The van der Waals surface area contributed by atoms with E-state index in [1.165, 1.54) is 9.13 Å². The minimum absolute atomic E-state index is 0. The van der Waals surface area contributed by atoms with Gasteiger partial charge in [0.05, 0.1) is 6.54 Å². The number of fused-ring (bicyclic) bond motifs is 2. The van der Waals surface area contributed by atoms with Crippen molar-refractivity contribution in [1.82, 2.24) is 37.8 Å². The molecule has 4 fully saturated rings. The largest absolute Gasteiger partial charge is 0.369 e. The fourth-order valence-corrected chi connectivity index (χ4v) is 7.15. The highest BCUT2D eigenvalue weighted by atomic mass is 16.2. The Morgan fingerprint density at radius 1 is 0.600 bits per heavy atom. The van der Waals surface area contributed by atoms with E-state index in [9.17, 15) is 19.2 Å². The van der Waals surface area contributed by atoms with Crippen molar-refractivity contribution in [2.45, 2.75) is 98.1 Å². The monoisotopic (exact) mass is 746 g/mol. The van der Waals surface area contributed by atoms with Crippen molar-refractivity contribution in [2.24, 2.45) is 23.7 Å². The summed E-state index contributed by atoms with van der Waals surface area (Å²) in [5.41, 5.74) is 9.13. The van der Waals surface area contributed by atoms with Gasteiger partial charge in [-0.15, -0.1) is 0 Å². The van der Waals surface area contributed by atoms with E-state index in [0.717, 1.165) is 62.5 Å². The first-order valence-electron chi connectivity index (χ1n) is 19.3. The standard InChI is InChI=1S/2C20H23N5O2.CH4/c21-19-22-17-16(23(19)10-13-4-2-1-3-5-13)18(26)25(12-15-8-9-15)20(27)24(17)11-14-6-7-14;26-18-16-17(23-19(22-16)21-10-13-4-2-1-3-5-13)24(11-14-6-7-14)20(27)25(18)12-15-8-9-15;/h1-5,14-15H,6-12H2,(H2,21,22);1-5,14-15H,6-12H2,(H2,21,22,23);1H4. The average molecular weight is 747 g/mol. The summed E-state index contributed by atoms with van der Waals surface area (Å²) in [6, 6.07) is 19.9. The van der Waals surface area contributed by atoms with Crippen LogP contribution in [0.25, 0.3) is 22.3 Å². The third kappa shape index (κ3) is 7.80. The molecule has 55 heavy (non-hydrogen) atoms. The van der Waals surface area contributed by atoms with Crippen LogP contribution in [0.5, 0.6) is 0 Å². The molecule has 10 rings (SSSR count). The van der Waals surface area contributed by atoms with Crippen LogP contribution >= 0.6 is 0 Å². The van der Waals surface area contributed by atoms with E-state index in [-0.39, 0.29) is 35.9 Å². The third-order valence-electron chi connectivity index (χ3n) is 11.0. The van der Waals surface area contributed by atoms with E-state index < -0.39 is 0 Å². The van der Waals surface area contributed by atoms with Gasteiger partial charge in [0.15, 0.2) is 22.3 Å². The van der Waals surface area contributed by atoms with E-state index in [2.05, 4.69) is 20.3 Å². The van der Waals surface area contributed by atoms with Gasteiger partial charge in [0, 0.05) is 32.7 Å². The highest BCUT2D eigenvalue weighted by molar-refractivity contribution is 5.74. The lowest BCUT2D eigenvalue weighted by Gasteiger charge is -2.12. The third-order valence-corrected chi connectivity index (χ3v) is 11.0. The molecule has 14 heteroatoms. The van der Waals surface area contributed by atoms with Gasteiger partial charge < -0.3 is 20.6 Å². The topological polar surface area (TPSA) is 173 Å². The maximum atomic E-state index is 13.2. The van der Waals surface area contributed by atoms with Crippen LogP contribution in [0, 0.1) is 23.7 Å². The van der Waals surface area contributed by atoms with E-state index in [4.69, 9.17) is 5.73 Å². The number of benzene rings is 2. The normalized spacial score (nSPS) is 16.5. The minimum Gasteiger partial charge on any atom is -0.369 e. The number of hydrogen-bond acceptors (Lipinski definition) is 8. The van der Waals surface area contributed by atoms with Crippen molar-refractivity contribution < 1.29 is 0 Å². The molecule has 0 aliphatic heterocycles. The van der Waals surface area contributed by atoms with Crippen molar-refractivity contribution in [3.05, 3.63) is 113 Å². The highest BCUT2D eigenvalue weighted by Crippen LogP contribution is 2.33. The number of nitrogens with one attached hydrogen (secondary N) is 2. The predicted octanol–water partition coefficient (Wildman–Crippen LogP) is 4.76. The number of nitrogens with zero attached hydrogens (tertiary/aromatic N) is 7. The Morgan fingerprint density at radius 3 is 1.60 bits per heavy atom. The molecule has 0 spiro atoms. The smallest absolute Gasteiger partial charge is 0.332 e.